The van der Waals surface area contributed by atoms with Gasteiger partial charge in [-0.15, -0.1) is 0 Å². The third-order valence-electron chi connectivity index (χ3n) is 3.85. The molecule has 1 fully saturated rings. The summed E-state index contributed by atoms with van der Waals surface area (Å²) in [6.45, 7) is 8.44. The number of morpholine rings is 1. The maximum Gasteiger partial charge on any atom is 0.128 e. The van der Waals surface area contributed by atoms with Gasteiger partial charge in [0, 0.05) is 32.9 Å². The summed E-state index contributed by atoms with van der Waals surface area (Å²) in [6, 6.07) is 4.70. The van der Waals surface area contributed by atoms with Crippen LogP contribution in [0.2, 0.25) is 0 Å². The van der Waals surface area contributed by atoms with Crippen LogP contribution in [0.3, 0.4) is 0 Å². The van der Waals surface area contributed by atoms with Crippen LogP contribution in [0.15, 0.2) is 18.3 Å². The standard InChI is InChI=1S/C16H27N3O2/c1-4-15-12-21-13(2)11-19(15)16-6-5-14(10-18-16)9-17-7-8-20-3/h5-6,10,13,15,17H,4,7-9,11-12H2,1-3H3. The van der Waals surface area contributed by atoms with E-state index in [1.807, 2.05) is 6.20 Å². The van der Waals surface area contributed by atoms with Crippen molar-refractivity contribution in [1.82, 2.24) is 10.3 Å². The average Bonchev–Trinajstić information content (AvgIpc) is 2.52. The van der Waals surface area contributed by atoms with Crippen molar-refractivity contribution in [2.24, 2.45) is 0 Å². The molecule has 1 aliphatic heterocycles. The predicted octanol–water partition coefficient (Wildman–Crippen LogP) is 1.82. The van der Waals surface area contributed by atoms with Gasteiger partial charge in [-0.05, 0) is 25.0 Å². The topological polar surface area (TPSA) is 46.6 Å². The Balaban J connectivity index is 1.93. The van der Waals surface area contributed by atoms with Gasteiger partial charge < -0.3 is 19.7 Å². The molecule has 1 N–H and O–H groups in total. The van der Waals surface area contributed by atoms with Gasteiger partial charge in [-0.1, -0.05) is 13.0 Å². The molecule has 5 heteroatoms. The molecule has 2 atom stereocenters. The van der Waals surface area contributed by atoms with E-state index >= 15 is 0 Å². The second kappa shape index (κ2) is 8.32. The minimum atomic E-state index is 0.269. The molecule has 1 aromatic rings. The molecule has 0 aliphatic carbocycles. The molecule has 1 aliphatic rings. The van der Waals surface area contributed by atoms with E-state index in [4.69, 9.17) is 9.47 Å². The van der Waals surface area contributed by atoms with Crippen LogP contribution in [0.4, 0.5) is 5.82 Å². The second-order valence-corrected chi connectivity index (χ2v) is 5.55. The van der Waals surface area contributed by atoms with E-state index in [-0.39, 0.29) is 6.10 Å². The zero-order valence-electron chi connectivity index (χ0n) is 13.3. The Morgan fingerprint density at radius 2 is 2.33 bits per heavy atom. The van der Waals surface area contributed by atoms with Gasteiger partial charge in [-0.2, -0.15) is 0 Å². The first kappa shape index (κ1) is 16.2. The number of nitrogens with zero attached hydrogens (tertiary/aromatic N) is 2. The fourth-order valence-corrected chi connectivity index (χ4v) is 2.56. The first-order chi connectivity index (χ1) is 10.2. The Morgan fingerprint density at radius 3 is 3.00 bits per heavy atom. The van der Waals surface area contributed by atoms with Gasteiger partial charge in [0.2, 0.25) is 0 Å². The lowest BCUT2D eigenvalue weighted by Gasteiger charge is -2.39. The van der Waals surface area contributed by atoms with E-state index in [0.717, 1.165) is 45.1 Å². The molecular formula is C16H27N3O2. The lowest BCUT2D eigenvalue weighted by Crippen LogP contribution is -2.49. The summed E-state index contributed by atoms with van der Waals surface area (Å²) in [6.07, 6.45) is 3.31. The van der Waals surface area contributed by atoms with Crippen molar-refractivity contribution in [2.45, 2.75) is 39.0 Å². The van der Waals surface area contributed by atoms with Crippen molar-refractivity contribution >= 4 is 5.82 Å². The van der Waals surface area contributed by atoms with Gasteiger partial charge in [0.15, 0.2) is 0 Å². The van der Waals surface area contributed by atoms with Crippen LogP contribution < -0.4 is 10.2 Å². The Morgan fingerprint density at radius 1 is 1.48 bits per heavy atom. The largest absolute Gasteiger partial charge is 0.383 e. The van der Waals surface area contributed by atoms with Gasteiger partial charge in [0.1, 0.15) is 5.82 Å². The number of aromatic nitrogens is 1. The fourth-order valence-electron chi connectivity index (χ4n) is 2.56. The highest BCUT2D eigenvalue weighted by Gasteiger charge is 2.26. The number of methoxy groups -OCH3 is 1. The van der Waals surface area contributed by atoms with Crippen LogP contribution >= 0.6 is 0 Å². The number of hydrogen-bond donors (Lipinski definition) is 1. The lowest BCUT2D eigenvalue weighted by atomic mass is 10.1. The smallest absolute Gasteiger partial charge is 0.128 e. The zero-order chi connectivity index (χ0) is 15.1. The van der Waals surface area contributed by atoms with Crippen LogP contribution in [0, 0.1) is 0 Å². The molecule has 21 heavy (non-hydrogen) atoms. The van der Waals surface area contributed by atoms with Crippen molar-refractivity contribution in [3.8, 4) is 0 Å². The molecule has 5 nitrogen and oxygen atoms in total. The van der Waals surface area contributed by atoms with Gasteiger partial charge in [-0.3, -0.25) is 0 Å². The third kappa shape index (κ3) is 4.66. The quantitative estimate of drug-likeness (QED) is 0.777. The summed E-state index contributed by atoms with van der Waals surface area (Å²) < 4.78 is 10.8. The molecule has 118 valence electrons. The Kier molecular flexibility index (Phi) is 6.42. The van der Waals surface area contributed by atoms with Crippen LogP contribution in [0.5, 0.6) is 0 Å². The highest BCUT2D eigenvalue weighted by Crippen LogP contribution is 2.21. The minimum Gasteiger partial charge on any atom is -0.383 e. The molecule has 2 heterocycles. The van der Waals surface area contributed by atoms with Crippen LogP contribution in [-0.4, -0.2) is 50.5 Å². The van der Waals surface area contributed by atoms with Crippen LogP contribution in [0.1, 0.15) is 25.8 Å². The number of ether oxygens (including phenoxy) is 2. The van der Waals surface area contributed by atoms with E-state index in [1.165, 1.54) is 5.56 Å². The number of hydrogen-bond acceptors (Lipinski definition) is 5. The first-order valence-electron chi connectivity index (χ1n) is 7.77. The summed E-state index contributed by atoms with van der Waals surface area (Å²) in [4.78, 5) is 7.00. The normalized spacial score (nSPS) is 22.5. The van der Waals surface area contributed by atoms with E-state index in [0.29, 0.717) is 6.04 Å². The number of rotatable bonds is 7. The van der Waals surface area contributed by atoms with Crippen molar-refractivity contribution in [3.05, 3.63) is 23.9 Å². The van der Waals surface area contributed by atoms with E-state index in [2.05, 4.69) is 41.2 Å². The first-order valence-corrected chi connectivity index (χ1v) is 7.77. The molecule has 0 amide bonds. The fraction of sp³-hybridized carbons (Fsp3) is 0.688. The lowest BCUT2D eigenvalue weighted by molar-refractivity contribution is 0.0296. The van der Waals surface area contributed by atoms with Crippen LogP contribution in [0.25, 0.3) is 0 Å². The molecule has 1 saturated heterocycles. The van der Waals surface area contributed by atoms with Gasteiger partial charge in [0.05, 0.1) is 25.4 Å². The minimum absolute atomic E-state index is 0.269. The molecule has 0 radical (unpaired) electrons. The van der Waals surface area contributed by atoms with Crippen molar-refractivity contribution in [2.75, 3.05) is 38.3 Å². The maximum absolute atomic E-state index is 5.74. The predicted molar refractivity (Wildman–Crippen MR) is 84.7 cm³/mol. The van der Waals surface area contributed by atoms with Crippen molar-refractivity contribution in [1.29, 1.82) is 0 Å². The Bertz CT molecular complexity index is 410. The summed E-state index contributed by atoms with van der Waals surface area (Å²) in [5, 5.41) is 3.33. The summed E-state index contributed by atoms with van der Waals surface area (Å²) in [7, 11) is 1.71. The highest BCUT2D eigenvalue weighted by atomic mass is 16.5. The summed E-state index contributed by atoms with van der Waals surface area (Å²) in [5.41, 5.74) is 1.20. The van der Waals surface area contributed by atoms with E-state index in [1.54, 1.807) is 7.11 Å². The molecule has 0 spiro atoms. The summed E-state index contributed by atoms with van der Waals surface area (Å²) >= 11 is 0. The molecule has 1 aromatic heterocycles. The number of nitrogens with one attached hydrogen (secondary N) is 1. The van der Waals surface area contributed by atoms with Gasteiger partial charge in [-0.25, -0.2) is 4.98 Å². The molecule has 0 saturated carbocycles. The SMILES string of the molecule is CCC1COC(C)CN1c1ccc(CNCCOC)cn1. The van der Waals surface area contributed by atoms with Crippen molar-refractivity contribution < 1.29 is 9.47 Å². The molecule has 0 bridgehead atoms. The van der Waals surface area contributed by atoms with E-state index in [9.17, 15) is 0 Å². The number of anilines is 1. The Hall–Kier alpha value is -1.17. The summed E-state index contributed by atoms with van der Waals surface area (Å²) in [5.74, 6) is 1.05. The highest BCUT2D eigenvalue weighted by molar-refractivity contribution is 5.41. The third-order valence-corrected chi connectivity index (χ3v) is 3.85. The van der Waals surface area contributed by atoms with E-state index < -0.39 is 0 Å². The molecule has 2 unspecified atom stereocenters. The molecular weight excluding hydrogens is 266 g/mol. The number of pyridine rings is 1. The zero-order valence-corrected chi connectivity index (χ0v) is 13.3. The second-order valence-electron chi connectivity index (χ2n) is 5.55. The maximum atomic E-state index is 5.74. The average molecular weight is 293 g/mol. The van der Waals surface area contributed by atoms with Crippen LogP contribution in [-0.2, 0) is 16.0 Å². The monoisotopic (exact) mass is 293 g/mol. The van der Waals surface area contributed by atoms with Gasteiger partial charge >= 0.3 is 0 Å². The Labute approximate surface area is 127 Å². The van der Waals surface area contributed by atoms with Crippen molar-refractivity contribution in [3.63, 3.8) is 0 Å². The van der Waals surface area contributed by atoms with Gasteiger partial charge in [0.25, 0.3) is 0 Å². The molecule has 0 aromatic carbocycles. The molecule has 2 rings (SSSR count).